The number of fused-ring (bicyclic) bond motifs is 1. The largest absolute Gasteiger partial charge is 0.378 e. The molecule has 0 bridgehead atoms. The SMILES string of the molecule is Cc1nc(/C=C/C(=O)N(Cc2ccc(N3CCOCC3)cc2)[C@@H](Cc2ccccc2)C(=O)N2CCc3ccccc3C2)cs1. The molecule has 0 aliphatic carbocycles. The molecule has 7 nitrogen and oxygen atoms in total. The van der Waals surface area contributed by atoms with E-state index in [2.05, 4.69) is 52.3 Å². The van der Waals surface area contributed by atoms with E-state index in [-0.39, 0.29) is 11.8 Å². The van der Waals surface area contributed by atoms with Crippen LogP contribution < -0.4 is 4.90 Å². The molecule has 1 atom stereocenters. The van der Waals surface area contributed by atoms with Gasteiger partial charge in [0, 0.05) is 56.3 Å². The monoisotopic (exact) mass is 606 g/mol. The van der Waals surface area contributed by atoms with Crippen LogP contribution in [-0.4, -0.2) is 65.5 Å². The molecule has 0 unspecified atom stereocenters. The van der Waals surface area contributed by atoms with E-state index in [1.54, 1.807) is 28.4 Å². The molecule has 3 aromatic carbocycles. The molecule has 2 aliphatic heterocycles. The highest BCUT2D eigenvalue weighted by Gasteiger charge is 2.34. The maximum absolute atomic E-state index is 14.5. The average molecular weight is 607 g/mol. The summed E-state index contributed by atoms with van der Waals surface area (Å²) in [5.41, 5.74) is 6.32. The van der Waals surface area contributed by atoms with Gasteiger partial charge in [-0.05, 0) is 53.8 Å². The number of hydrogen-bond donors (Lipinski definition) is 0. The molecule has 2 amide bonds. The Balaban J connectivity index is 1.32. The van der Waals surface area contributed by atoms with Crippen molar-refractivity contribution >= 4 is 34.9 Å². The van der Waals surface area contributed by atoms with Crippen molar-refractivity contribution in [2.45, 2.75) is 38.9 Å². The molecular weight excluding hydrogens is 568 g/mol. The fourth-order valence-corrected chi connectivity index (χ4v) is 6.52. The summed E-state index contributed by atoms with van der Waals surface area (Å²) in [7, 11) is 0. The number of morpholine rings is 1. The molecule has 2 aliphatic rings. The number of aryl methyl sites for hydroxylation is 1. The first-order valence-corrected chi connectivity index (χ1v) is 16.1. The number of hydrogen-bond acceptors (Lipinski definition) is 6. The number of carbonyl (C=O) groups excluding carboxylic acids is 2. The zero-order valence-electron chi connectivity index (χ0n) is 25.1. The van der Waals surface area contributed by atoms with Gasteiger partial charge in [-0.3, -0.25) is 9.59 Å². The van der Waals surface area contributed by atoms with Crippen LogP contribution in [0, 0.1) is 6.92 Å². The van der Waals surface area contributed by atoms with Crippen LogP contribution >= 0.6 is 11.3 Å². The summed E-state index contributed by atoms with van der Waals surface area (Å²) in [6, 6.07) is 26.0. The highest BCUT2D eigenvalue weighted by molar-refractivity contribution is 7.09. The molecule has 4 aromatic rings. The molecule has 44 heavy (non-hydrogen) atoms. The maximum atomic E-state index is 14.5. The van der Waals surface area contributed by atoms with E-state index in [0.717, 1.165) is 60.2 Å². The minimum atomic E-state index is -0.670. The number of carbonyl (C=O) groups is 2. The Kier molecular flexibility index (Phi) is 9.48. The number of nitrogens with zero attached hydrogens (tertiary/aromatic N) is 4. The van der Waals surface area contributed by atoms with Crippen LogP contribution in [0.25, 0.3) is 6.08 Å². The lowest BCUT2D eigenvalue weighted by Gasteiger charge is -2.37. The highest BCUT2D eigenvalue weighted by Crippen LogP contribution is 2.24. The fourth-order valence-electron chi connectivity index (χ4n) is 5.94. The second kappa shape index (κ2) is 14.0. The van der Waals surface area contributed by atoms with Crippen molar-refractivity contribution in [3.8, 4) is 0 Å². The van der Waals surface area contributed by atoms with Crippen molar-refractivity contribution in [2.24, 2.45) is 0 Å². The highest BCUT2D eigenvalue weighted by atomic mass is 32.1. The van der Waals surface area contributed by atoms with Gasteiger partial charge in [0.05, 0.1) is 23.9 Å². The van der Waals surface area contributed by atoms with Crippen molar-refractivity contribution in [3.63, 3.8) is 0 Å². The number of thiazole rings is 1. The van der Waals surface area contributed by atoms with Gasteiger partial charge >= 0.3 is 0 Å². The topological polar surface area (TPSA) is 66.0 Å². The van der Waals surface area contributed by atoms with Crippen molar-refractivity contribution < 1.29 is 14.3 Å². The van der Waals surface area contributed by atoms with Crippen LogP contribution in [0.3, 0.4) is 0 Å². The number of aromatic nitrogens is 1. The van der Waals surface area contributed by atoms with Gasteiger partial charge in [0.2, 0.25) is 11.8 Å². The number of benzene rings is 3. The van der Waals surface area contributed by atoms with Gasteiger partial charge in [0.15, 0.2) is 0 Å². The Bertz CT molecular complexity index is 1600. The van der Waals surface area contributed by atoms with Crippen molar-refractivity contribution in [1.29, 1.82) is 0 Å². The zero-order valence-corrected chi connectivity index (χ0v) is 25.9. The Labute approximate surface area is 263 Å². The summed E-state index contributed by atoms with van der Waals surface area (Å²) in [4.78, 5) is 39.0. The second-order valence-corrected chi connectivity index (χ2v) is 12.4. The van der Waals surface area contributed by atoms with Gasteiger partial charge in [-0.15, -0.1) is 11.3 Å². The van der Waals surface area contributed by atoms with E-state index >= 15 is 0 Å². The van der Waals surface area contributed by atoms with Gasteiger partial charge in [0.25, 0.3) is 0 Å². The van der Waals surface area contributed by atoms with E-state index in [4.69, 9.17) is 4.74 Å². The van der Waals surface area contributed by atoms with E-state index < -0.39 is 6.04 Å². The number of amides is 2. The normalized spacial score (nSPS) is 15.7. The third-order valence-corrected chi connectivity index (χ3v) is 9.15. The third kappa shape index (κ3) is 7.26. The standard InChI is InChI=1S/C36H38N4O3S/c1-27-37-32(26-44-27)13-16-35(41)40(24-29-11-14-33(15-12-29)38-19-21-43-22-20-38)34(23-28-7-3-2-4-8-28)36(42)39-18-17-30-9-5-6-10-31(30)25-39/h2-16,26,34H,17-25H2,1H3/b16-13+/t34-/m0/s1. The molecule has 1 fully saturated rings. The molecule has 1 aromatic heterocycles. The van der Waals surface area contributed by atoms with Crippen LogP contribution in [-0.2, 0) is 40.3 Å². The summed E-state index contributed by atoms with van der Waals surface area (Å²) in [5.74, 6) is -0.237. The van der Waals surface area contributed by atoms with Crippen LogP contribution in [0.1, 0.15) is 33.0 Å². The maximum Gasteiger partial charge on any atom is 0.247 e. The lowest BCUT2D eigenvalue weighted by molar-refractivity contribution is -0.144. The average Bonchev–Trinajstić information content (AvgIpc) is 3.50. The van der Waals surface area contributed by atoms with E-state index in [0.29, 0.717) is 26.1 Å². The third-order valence-electron chi connectivity index (χ3n) is 8.36. The molecular formula is C36H38N4O3S. The first kappa shape index (κ1) is 29.8. The van der Waals surface area contributed by atoms with Gasteiger partial charge < -0.3 is 19.4 Å². The Morgan fingerprint density at radius 2 is 1.66 bits per heavy atom. The summed E-state index contributed by atoms with van der Waals surface area (Å²) >= 11 is 1.55. The van der Waals surface area contributed by atoms with Gasteiger partial charge in [-0.2, -0.15) is 0 Å². The predicted molar refractivity (Wildman–Crippen MR) is 175 cm³/mol. The molecule has 3 heterocycles. The lowest BCUT2D eigenvalue weighted by Crippen LogP contribution is -2.52. The second-order valence-electron chi connectivity index (χ2n) is 11.3. The minimum absolute atomic E-state index is 0.0282. The van der Waals surface area contributed by atoms with Crippen molar-refractivity contribution in [3.05, 3.63) is 123 Å². The van der Waals surface area contributed by atoms with Crippen LogP contribution in [0.5, 0.6) is 0 Å². The number of ether oxygens (including phenoxy) is 1. The quantitative estimate of drug-likeness (QED) is 0.235. The van der Waals surface area contributed by atoms with Gasteiger partial charge in [-0.25, -0.2) is 4.98 Å². The molecule has 1 saturated heterocycles. The van der Waals surface area contributed by atoms with Crippen LogP contribution in [0.15, 0.2) is 90.3 Å². The van der Waals surface area contributed by atoms with E-state index in [1.165, 1.54) is 11.1 Å². The van der Waals surface area contributed by atoms with Crippen molar-refractivity contribution in [2.75, 3.05) is 37.7 Å². The van der Waals surface area contributed by atoms with Gasteiger partial charge in [-0.1, -0.05) is 66.7 Å². The van der Waals surface area contributed by atoms with Crippen molar-refractivity contribution in [1.82, 2.24) is 14.8 Å². The summed E-state index contributed by atoms with van der Waals surface area (Å²) in [6.07, 6.45) is 4.55. The predicted octanol–water partition coefficient (Wildman–Crippen LogP) is 5.53. The first-order valence-electron chi connectivity index (χ1n) is 15.3. The molecule has 0 N–H and O–H groups in total. The summed E-state index contributed by atoms with van der Waals surface area (Å²) in [6.45, 7) is 6.60. The molecule has 0 radical (unpaired) electrons. The number of rotatable bonds is 9. The fraction of sp³-hybridized carbons (Fsp3) is 0.306. The molecule has 0 spiro atoms. The van der Waals surface area contributed by atoms with Crippen LogP contribution in [0.2, 0.25) is 0 Å². The zero-order chi connectivity index (χ0) is 30.3. The number of anilines is 1. The minimum Gasteiger partial charge on any atom is -0.378 e. The Morgan fingerprint density at radius 3 is 2.39 bits per heavy atom. The summed E-state index contributed by atoms with van der Waals surface area (Å²) < 4.78 is 5.52. The molecule has 8 heteroatoms. The summed E-state index contributed by atoms with van der Waals surface area (Å²) in [5, 5.41) is 2.88. The Hall–Kier alpha value is -4.27. The Morgan fingerprint density at radius 1 is 0.932 bits per heavy atom. The van der Waals surface area contributed by atoms with Crippen LogP contribution in [0.4, 0.5) is 5.69 Å². The smallest absolute Gasteiger partial charge is 0.247 e. The molecule has 0 saturated carbocycles. The van der Waals surface area contributed by atoms with E-state index in [9.17, 15) is 9.59 Å². The lowest BCUT2D eigenvalue weighted by atomic mass is 9.97. The van der Waals surface area contributed by atoms with E-state index in [1.807, 2.05) is 53.6 Å². The molecule has 6 rings (SSSR count). The van der Waals surface area contributed by atoms with Gasteiger partial charge in [0.1, 0.15) is 6.04 Å². The molecule has 226 valence electrons. The first-order chi connectivity index (χ1) is 21.5.